The zero-order valence-corrected chi connectivity index (χ0v) is 19.1. The number of piperidine rings is 1. The molecule has 1 amide bonds. The molecule has 162 valence electrons. The number of nitrogens with zero attached hydrogens (tertiary/aromatic N) is 1. The molecule has 0 spiro atoms. The lowest BCUT2D eigenvalue weighted by molar-refractivity contribution is -0.127. The summed E-state index contributed by atoms with van der Waals surface area (Å²) in [6.45, 7) is 4.44. The van der Waals surface area contributed by atoms with Crippen LogP contribution in [0, 0.1) is 5.92 Å². The number of carbonyl (C=O) groups is 1. The predicted molar refractivity (Wildman–Crippen MR) is 121 cm³/mol. The van der Waals surface area contributed by atoms with Crippen molar-refractivity contribution in [3.05, 3.63) is 57.6 Å². The summed E-state index contributed by atoms with van der Waals surface area (Å²) in [4.78, 5) is 15.2. The molecule has 1 heterocycles. The number of amides is 1. The van der Waals surface area contributed by atoms with Crippen LogP contribution in [0.1, 0.15) is 36.9 Å². The molecule has 0 radical (unpaired) electrons. The predicted octanol–water partition coefficient (Wildman–Crippen LogP) is 5.10. The fourth-order valence-corrected chi connectivity index (χ4v) is 4.30. The van der Waals surface area contributed by atoms with Crippen molar-refractivity contribution in [1.29, 1.82) is 0 Å². The molecule has 1 atom stereocenters. The minimum Gasteiger partial charge on any atom is -0.497 e. The van der Waals surface area contributed by atoms with Crippen molar-refractivity contribution in [2.75, 3.05) is 27.3 Å². The van der Waals surface area contributed by atoms with E-state index in [-0.39, 0.29) is 17.9 Å². The van der Waals surface area contributed by atoms with Gasteiger partial charge in [0.25, 0.3) is 0 Å². The number of hydrogen-bond donors (Lipinski definition) is 1. The highest BCUT2D eigenvalue weighted by atomic mass is 35.5. The Morgan fingerprint density at radius 3 is 2.50 bits per heavy atom. The molecule has 1 N–H and O–H groups in total. The third-order valence-electron chi connectivity index (χ3n) is 5.63. The molecule has 30 heavy (non-hydrogen) atoms. The highest BCUT2D eigenvalue weighted by Gasteiger charge is 2.27. The van der Waals surface area contributed by atoms with Gasteiger partial charge in [-0.15, -0.1) is 0 Å². The molecule has 2 aromatic carbocycles. The van der Waals surface area contributed by atoms with E-state index < -0.39 is 0 Å². The normalized spacial score (nSPS) is 16.2. The first-order chi connectivity index (χ1) is 14.4. The van der Waals surface area contributed by atoms with Crippen LogP contribution in [0.4, 0.5) is 0 Å². The second-order valence-corrected chi connectivity index (χ2v) is 8.47. The number of likely N-dealkylation sites (tertiary alicyclic amines) is 1. The third kappa shape index (κ3) is 5.60. The summed E-state index contributed by atoms with van der Waals surface area (Å²) in [6, 6.07) is 11.0. The molecule has 1 aliphatic heterocycles. The number of nitrogens with one attached hydrogen (secondary N) is 1. The van der Waals surface area contributed by atoms with Crippen LogP contribution in [0.5, 0.6) is 11.5 Å². The third-order valence-corrected chi connectivity index (χ3v) is 6.22. The molecule has 0 bridgehead atoms. The van der Waals surface area contributed by atoms with Gasteiger partial charge in [0.15, 0.2) is 0 Å². The van der Waals surface area contributed by atoms with Gasteiger partial charge in [-0.05, 0) is 68.8 Å². The van der Waals surface area contributed by atoms with E-state index in [0.717, 1.165) is 55.1 Å². The summed E-state index contributed by atoms with van der Waals surface area (Å²) in [7, 11) is 3.25. The zero-order chi connectivity index (χ0) is 21.7. The Morgan fingerprint density at radius 2 is 1.87 bits per heavy atom. The minimum atomic E-state index is -0.173. The highest BCUT2D eigenvalue weighted by Crippen LogP contribution is 2.30. The molecular weight excluding hydrogens is 423 g/mol. The van der Waals surface area contributed by atoms with Gasteiger partial charge in [0, 0.05) is 28.1 Å². The van der Waals surface area contributed by atoms with Crippen LogP contribution in [0.2, 0.25) is 10.0 Å². The van der Waals surface area contributed by atoms with Gasteiger partial charge in [0.1, 0.15) is 11.5 Å². The number of benzene rings is 2. The molecule has 3 rings (SSSR count). The van der Waals surface area contributed by atoms with E-state index in [1.165, 1.54) is 0 Å². The van der Waals surface area contributed by atoms with Crippen molar-refractivity contribution in [3.8, 4) is 11.5 Å². The number of ether oxygens (including phenoxy) is 2. The Bertz CT molecular complexity index is 883. The molecule has 0 aliphatic carbocycles. The van der Waals surface area contributed by atoms with Crippen molar-refractivity contribution >= 4 is 29.1 Å². The molecule has 1 saturated heterocycles. The Balaban J connectivity index is 1.55. The van der Waals surface area contributed by atoms with Gasteiger partial charge in [0.2, 0.25) is 5.91 Å². The Kier molecular flexibility index (Phi) is 7.87. The number of hydrogen-bond acceptors (Lipinski definition) is 4. The van der Waals surface area contributed by atoms with E-state index in [0.29, 0.717) is 10.0 Å². The maximum absolute atomic E-state index is 12.9. The summed E-state index contributed by atoms with van der Waals surface area (Å²) in [5.41, 5.74) is 1.96. The second kappa shape index (κ2) is 10.4. The van der Waals surface area contributed by atoms with Crippen molar-refractivity contribution in [3.63, 3.8) is 0 Å². The maximum Gasteiger partial charge on any atom is 0.223 e. The van der Waals surface area contributed by atoms with E-state index >= 15 is 0 Å². The second-order valence-electron chi connectivity index (χ2n) is 7.62. The van der Waals surface area contributed by atoms with E-state index in [1.807, 2.05) is 37.3 Å². The summed E-state index contributed by atoms with van der Waals surface area (Å²) >= 11 is 12.3. The molecule has 5 nitrogen and oxygen atoms in total. The molecule has 0 saturated carbocycles. The van der Waals surface area contributed by atoms with Gasteiger partial charge in [-0.2, -0.15) is 0 Å². The summed E-state index contributed by atoms with van der Waals surface area (Å²) in [5.74, 6) is 1.55. The lowest BCUT2D eigenvalue weighted by atomic mass is 9.94. The Morgan fingerprint density at radius 1 is 1.13 bits per heavy atom. The van der Waals surface area contributed by atoms with Gasteiger partial charge < -0.3 is 14.8 Å². The monoisotopic (exact) mass is 450 g/mol. The maximum atomic E-state index is 12.9. The number of methoxy groups -OCH3 is 2. The molecule has 1 fully saturated rings. The number of halogens is 2. The van der Waals surface area contributed by atoms with E-state index in [2.05, 4.69) is 10.2 Å². The van der Waals surface area contributed by atoms with E-state index in [9.17, 15) is 4.79 Å². The lowest BCUT2D eigenvalue weighted by Gasteiger charge is -2.32. The van der Waals surface area contributed by atoms with Crippen LogP contribution in [0.25, 0.3) is 0 Å². The molecule has 1 aliphatic rings. The quantitative estimate of drug-likeness (QED) is 0.637. The number of carbonyl (C=O) groups excluding carboxylic acids is 1. The van der Waals surface area contributed by atoms with E-state index in [4.69, 9.17) is 32.7 Å². The Labute approximate surface area is 188 Å². The summed E-state index contributed by atoms with van der Waals surface area (Å²) in [5, 5.41) is 4.47. The van der Waals surface area contributed by atoms with Gasteiger partial charge in [-0.1, -0.05) is 29.3 Å². The van der Waals surface area contributed by atoms with Gasteiger partial charge in [-0.25, -0.2) is 0 Å². The van der Waals surface area contributed by atoms with Gasteiger partial charge in [0.05, 0.1) is 20.3 Å². The molecule has 0 unspecified atom stereocenters. The van der Waals surface area contributed by atoms with Crippen LogP contribution >= 0.6 is 23.2 Å². The average molecular weight is 451 g/mol. The fraction of sp³-hybridized carbons (Fsp3) is 0.435. The topological polar surface area (TPSA) is 50.8 Å². The smallest absolute Gasteiger partial charge is 0.223 e. The zero-order valence-electron chi connectivity index (χ0n) is 17.6. The van der Waals surface area contributed by atoms with Crippen LogP contribution in [0.3, 0.4) is 0 Å². The first-order valence-corrected chi connectivity index (χ1v) is 10.9. The number of rotatable bonds is 7. The molecule has 2 aromatic rings. The highest BCUT2D eigenvalue weighted by molar-refractivity contribution is 6.35. The van der Waals surface area contributed by atoms with Crippen molar-refractivity contribution in [2.45, 2.75) is 32.4 Å². The molecule has 7 heteroatoms. The molecule has 0 aromatic heterocycles. The SMILES string of the molecule is COc1ccc(OC)c([C@H](C)NC(=O)C2CCN(Cc3ccc(Cl)cc3Cl)CC2)c1. The summed E-state index contributed by atoms with van der Waals surface area (Å²) in [6.07, 6.45) is 1.64. The van der Waals surface area contributed by atoms with Crippen molar-refractivity contribution in [1.82, 2.24) is 10.2 Å². The van der Waals surface area contributed by atoms with E-state index in [1.54, 1.807) is 20.3 Å². The van der Waals surface area contributed by atoms with Crippen LogP contribution in [-0.2, 0) is 11.3 Å². The van der Waals surface area contributed by atoms with Crippen molar-refractivity contribution in [2.24, 2.45) is 5.92 Å². The average Bonchev–Trinajstić information content (AvgIpc) is 2.75. The van der Waals surface area contributed by atoms with Crippen LogP contribution in [0.15, 0.2) is 36.4 Å². The first kappa shape index (κ1) is 22.7. The van der Waals surface area contributed by atoms with Crippen LogP contribution < -0.4 is 14.8 Å². The first-order valence-electron chi connectivity index (χ1n) is 10.1. The standard InChI is InChI=1S/C23H28Cl2N2O3/c1-15(20-13-19(29-2)6-7-22(20)30-3)26-23(28)16-8-10-27(11-9-16)14-17-4-5-18(24)12-21(17)25/h4-7,12-13,15-16H,8-11,14H2,1-3H3,(H,26,28)/t15-/m0/s1. The van der Waals surface area contributed by atoms with Gasteiger partial charge in [-0.3, -0.25) is 9.69 Å². The van der Waals surface area contributed by atoms with Gasteiger partial charge >= 0.3 is 0 Å². The van der Waals surface area contributed by atoms with Crippen LogP contribution in [-0.4, -0.2) is 38.1 Å². The summed E-state index contributed by atoms with van der Waals surface area (Å²) < 4.78 is 10.8. The largest absolute Gasteiger partial charge is 0.497 e. The minimum absolute atomic E-state index is 0.000919. The molecular formula is C23H28Cl2N2O3. The van der Waals surface area contributed by atoms with Crippen molar-refractivity contribution < 1.29 is 14.3 Å². The Hall–Kier alpha value is -1.95. The lowest BCUT2D eigenvalue weighted by Crippen LogP contribution is -2.41. The fourth-order valence-electron chi connectivity index (χ4n) is 3.83.